The maximum absolute atomic E-state index is 11.7. The minimum atomic E-state index is -3.36. The Kier molecular flexibility index (Phi) is 4.80. The molecule has 1 unspecified atom stereocenters. The predicted molar refractivity (Wildman–Crippen MR) is 59.5 cm³/mol. The van der Waals surface area contributed by atoms with E-state index in [1.807, 2.05) is 0 Å². The quantitative estimate of drug-likeness (QED) is 0.278. The van der Waals surface area contributed by atoms with Gasteiger partial charge in [-0.25, -0.2) is 19.0 Å². The smallest absolute Gasteiger partial charge is 0.370 e. The second kappa shape index (κ2) is 5.98. The van der Waals surface area contributed by atoms with Gasteiger partial charge in [0.15, 0.2) is 0 Å². The molecule has 0 aliphatic rings. The van der Waals surface area contributed by atoms with Gasteiger partial charge in [0, 0.05) is 0 Å². The van der Waals surface area contributed by atoms with Crippen LogP contribution in [0, 0.1) is 0 Å². The zero-order valence-corrected chi connectivity index (χ0v) is 9.96. The van der Waals surface area contributed by atoms with Crippen LogP contribution >= 0.6 is 0 Å². The third-order valence-electron chi connectivity index (χ3n) is 2.03. The summed E-state index contributed by atoms with van der Waals surface area (Å²) < 4.78 is 0.110. The van der Waals surface area contributed by atoms with Crippen molar-refractivity contribution in [3.63, 3.8) is 0 Å². The number of nitrogens with zero attached hydrogens (tertiary/aromatic N) is 2. The van der Waals surface area contributed by atoms with E-state index in [2.05, 4.69) is 4.84 Å². The van der Waals surface area contributed by atoms with Crippen molar-refractivity contribution in [1.82, 2.24) is 14.3 Å². The van der Waals surface area contributed by atoms with Gasteiger partial charge < -0.3 is 30.4 Å². The van der Waals surface area contributed by atoms with Gasteiger partial charge in [-0.3, -0.25) is 4.98 Å². The highest BCUT2D eigenvalue weighted by Gasteiger charge is 2.23. The summed E-state index contributed by atoms with van der Waals surface area (Å²) in [6.45, 7) is -2.58. The molecule has 12 nitrogen and oxygen atoms in total. The van der Waals surface area contributed by atoms with Crippen molar-refractivity contribution in [3.8, 4) is 0 Å². The van der Waals surface area contributed by atoms with Crippen LogP contribution in [-0.4, -0.2) is 65.1 Å². The molecule has 1 aromatic heterocycles. The molecule has 12 heteroatoms. The topological polar surface area (TPSA) is 187 Å². The van der Waals surface area contributed by atoms with Crippen LogP contribution in [-0.2, 0) is 6.54 Å². The summed E-state index contributed by atoms with van der Waals surface area (Å²) in [5.74, 6) is -3.36. The molecule has 0 amide bonds. The van der Waals surface area contributed by atoms with E-state index >= 15 is 0 Å². The minimum Gasteiger partial charge on any atom is -0.402 e. The number of aromatic nitrogens is 3. The fourth-order valence-corrected chi connectivity index (χ4v) is 1.17. The van der Waals surface area contributed by atoms with Crippen molar-refractivity contribution in [3.05, 3.63) is 31.5 Å². The molecule has 1 aromatic rings. The van der Waals surface area contributed by atoms with Gasteiger partial charge >= 0.3 is 17.1 Å². The van der Waals surface area contributed by atoms with E-state index in [0.717, 1.165) is 0 Å². The van der Waals surface area contributed by atoms with Gasteiger partial charge in [-0.1, -0.05) is 4.73 Å². The summed E-state index contributed by atoms with van der Waals surface area (Å²) in [4.78, 5) is 40.5. The summed E-state index contributed by atoms with van der Waals surface area (Å²) in [7, 11) is 0. The first kappa shape index (κ1) is 16.1. The Balaban J connectivity index is 3.20. The monoisotopic (exact) mass is 295 g/mol. The molecule has 0 saturated heterocycles. The molecule has 0 fully saturated rings. The molecule has 1 heterocycles. The van der Waals surface area contributed by atoms with Crippen LogP contribution in [0.2, 0.25) is 0 Å². The van der Waals surface area contributed by atoms with Gasteiger partial charge in [0.05, 0.1) is 6.61 Å². The van der Waals surface area contributed by atoms with Crippen molar-refractivity contribution in [2.45, 2.75) is 18.6 Å². The maximum atomic E-state index is 11.7. The lowest BCUT2D eigenvalue weighted by molar-refractivity contribution is -0.319. The zero-order chi connectivity index (χ0) is 15.5. The second-order valence-electron chi connectivity index (χ2n) is 3.80. The largest absolute Gasteiger partial charge is 0.402 e. The average molecular weight is 295 g/mol. The highest BCUT2D eigenvalue weighted by Crippen LogP contribution is 1.92. The molecule has 1 rings (SSSR count). The fraction of sp³-hybridized carbons (Fsp3) is 0.625. The van der Waals surface area contributed by atoms with Crippen molar-refractivity contribution >= 4 is 0 Å². The highest BCUT2D eigenvalue weighted by molar-refractivity contribution is 4.73. The van der Waals surface area contributed by atoms with Gasteiger partial charge in [-0.05, 0) is 0 Å². The number of nitrogens with one attached hydrogen (secondary N) is 1. The van der Waals surface area contributed by atoms with E-state index < -0.39 is 48.9 Å². The van der Waals surface area contributed by atoms with Gasteiger partial charge in [0.2, 0.25) is 0 Å². The molecule has 0 saturated carbocycles. The molecule has 0 bridgehead atoms. The van der Waals surface area contributed by atoms with E-state index in [1.165, 1.54) is 0 Å². The van der Waals surface area contributed by atoms with E-state index in [4.69, 9.17) is 25.5 Å². The van der Waals surface area contributed by atoms with E-state index in [1.54, 1.807) is 4.98 Å². The normalized spacial score (nSPS) is 13.2. The number of hydrogen-bond donors (Lipinski definition) is 6. The second-order valence-corrected chi connectivity index (χ2v) is 3.80. The lowest BCUT2D eigenvalue weighted by atomic mass is 10.4. The Hall–Kier alpha value is -1.99. The number of aromatic amines is 1. The molecule has 0 aliphatic carbocycles. The van der Waals surface area contributed by atoms with Gasteiger partial charge in [0.1, 0.15) is 19.3 Å². The van der Waals surface area contributed by atoms with Crippen LogP contribution < -0.4 is 21.9 Å². The molecule has 0 aliphatic heterocycles. The van der Waals surface area contributed by atoms with Gasteiger partial charge in [-0.15, -0.1) is 0 Å². The SMILES string of the molecule is O=c1[nH]c(=O)n(OCC(O)CO)c(=O)n1CC(O)(O)O. The van der Waals surface area contributed by atoms with Crippen LogP contribution in [0.3, 0.4) is 0 Å². The lowest BCUT2D eigenvalue weighted by Crippen LogP contribution is -2.55. The summed E-state index contributed by atoms with van der Waals surface area (Å²) >= 11 is 0. The first-order valence-corrected chi connectivity index (χ1v) is 5.21. The molecular weight excluding hydrogens is 282 g/mol. The third kappa shape index (κ3) is 4.01. The van der Waals surface area contributed by atoms with E-state index in [-0.39, 0.29) is 9.30 Å². The number of hydrogen-bond acceptors (Lipinski definition) is 9. The number of rotatable bonds is 6. The first-order valence-electron chi connectivity index (χ1n) is 5.21. The standard InChI is InChI=1S/C8H13N3O9/c12-1-4(13)2-20-11-6(15)9-5(14)10(7(11)16)3-8(17,18)19/h4,12-13,17-19H,1-3H2,(H,9,14,15). The maximum Gasteiger partial charge on any atom is 0.370 e. The van der Waals surface area contributed by atoms with Crippen molar-refractivity contribution in [1.29, 1.82) is 0 Å². The fourth-order valence-electron chi connectivity index (χ4n) is 1.17. The van der Waals surface area contributed by atoms with Gasteiger partial charge in [-0.2, -0.15) is 0 Å². The number of aliphatic hydroxyl groups excluding tert-OH is 2. The van der Waals surface area contributed by atoms with Crippen molar-refractivity contribution in [2.75, 3.05) is 13.2 Å². The molecule has 6 N–H and O–H groups in total. The summed E-state index contributed by atoms with van der Waals surface area (Å²) in [5.41, 5.74) is -3.99. The van der Waals surface area contributed by atoms with E-state index in [9.17, 15) is 14.4 Å². The Morgan fingerprint density at radius 1 is 1.20 bits per heavy atom. The average Bonchev–Trinajstić information content (AvgIpc) is 2.32. The van der Waals surface area contributed by atoms with E-state index in [0.29, 0.717) is 0 Å². The summed E-state index contributed by atoms with van der Waals surface area (Å²) in [5, 5.41) is 43.8. The van der Waals surface area contributed by atoms with Crippen molar-refractivity contribution in [2.24, 2.45) is 0 Å². The summed E-state index contributed by atoms with van der Waals surface area (Å²) in [6.07, 6.45) is -1.38. The third-order valence-corrected chi connectivity index (χ3v) is 2.03. The Morgan fingerprint density at radius 2 is 1.80 bits per heavy atom. The Labute approximate surface area is 109 Å². The highest BCUT2D eigenvalue weighted by atomic mass is 16.7. The Bertz CT molecular complexity index is 622. The van der Waals surface area contributed by atoms with Crippen LogP contribution in [0.15, 0.2) is 14.4 Å². The molecular formula is C8H13N3O9. The summed E-state index contributed by atoms with van der Waals surface area (Å²) in [6, 6.07) is 0. The number of H-pyrrole nitrogens is 1. The molecule has 0 spiro atoms. The predicted octanol–water partition coefficient (Wildman–Crippen LogP) is -5.89. The first-order chi connectivity index (χ1) is 9.15. The van der Waals surface area contributed by atoms with Crippen molar-refractivity contribution < 1.29 is 30.4 Å². The zero-order valence-electron chi connectivity index (χ0n) is 9.96. The molecule has 0 radical (unpaired) electrons. The molecule has 1 atom stereocenters. The van der Waals surface area contributed by atoms with Crippen LogP contribution in [0.1, 0.15) is 0 Å². The van der Waals surface area contributed by atoms with Gasteiger partial charge in [0.25, 0.3) is 5.97 Å². The lowest BCUT2D eigenvalue weighted by Gasteiger charge is -2.16. The van der Waals surface area contributed by atoms with Crippen LogP contribution in [0.4, 0.5) is 0 Å². The molecule has 0 aromatic carbocycles. The van der Waals surface area contributed by atoms with Crippen LogP contribution in [0.25, 0.3) is 0 Å². The molecule has 20 heavy (non-hydrogen) atoms. The minimum absolute atomic E-state index is 0.0199. The number of aliphatic hydroxyl groups is 5. The molecule has 114 valence electrons. The van der Waals surface area contributed by atoms with Crippen LogP contribution in [0.5, 0.6) is 0 Å². The Morgan fingerprint density at radius 3 is 2.30 bits per heavy atom.